The lowest BCUT2D eigenvalue weighted by molar-refractivity contribution is -0.132. The van der Waals surface area contributed by atoms with Gasteiger partial charge in [-0.25, -0.2) is 0 Å². The second kappa shape index (κ2) is 5.06. The van der Waals surface area contributed by atoms with Crippen LogP contribution < -0.4 is 4.74 Å². The van der Waals surface area contributed by atoms with Gasteiger partial charge in [0.1, 0.15) is 5.75 Å². The summed E-state index contributed by atoms with van der Waals surface area (Å²) in [7, 11) is 0. The molecule has 1 aromatic carbocycles. The summed E-state index contributed by atoms with van der Waals surface area (Å²) < 4.78 is 5.64. The van der Waals surface area contributed by atoms with Crippen molar-refractivity contribution in [3.8, 4) is 5.75 Å². The number of hydrogen-bond acceptors (Lipinski definition) is 3. The molecule has 0 spiro atoms. The fourth-order valence-corrected chi connectivity index (χ4v) is 5.40. The molecule has 0 radical (unpaired) electrons. The molecule has 0 saturated heterocycles. The average molecular weight is 338 g/mol. The van der Waals surface area contributed by atoms with Crippen molar-refractivity contribution in [1.82, 2.24) is 0 Å². The first kappa shape index (κ1) is 16.6. The molecule has 1 saturated carbocycles. The molecule has 3 aliphatic carbocycles. The zero-order chi connectivity index (χ0) is 18.3. The van der Waals surface area contributed by atoms with E-state index in [1.807, 2.05) is 6.92 Å². The largest absolute Gasteiger partial charge is 0.426 e. The molecular weight excluding hydrogens is 312 g/mol. The van der Waals surface area contributed by atoms with Gasteiger partial charge in [0.05, 0.1) is 0 Å². The van der Waals surface area contributed by atoms with E-state index >= 15 is 0 Å². The Labute approximate surface area is 149 Å². The zero-order valence-corrected chi connectivity index (χ0v) is 15.8. The van der Waals surface area contributed by atoms with Crippen LogP contribution in [0.3, 0.4) is 0 Å². The molecule has 0 heterocycles. The number of esters is 1. The van der Waals surface area contributed by atoms with E-state index < -0.39 is 0 Å². The minimum Gasteiger partial charge on any atom is -0.426 e. The van der Waals surface area contributed by atoms with Crippen LogP contribution in [0.25, 0.3) is 5.57 Å². The smallest absolute Gasteiger partial charge is 0.308 e. The molecular formula is C22H26O3. The van der Waals surface area contributed by atoms with Gasteiger partial charge in [-0.1, -0.05) is 27.4 Å². The van der Waals surface area contributed by atoms with Gasteiger partial charge in [0.25, 0.3) is 0 Å². The highest BCUT2D eigenvalue weighted by atomic mass is 16.5. The van der Waals surface area contributed by atoms with E-state index in [2.05, 4.69) is 27.4 Å². The van der Waals surface area contributed by atoms with Gasteiger partial charge in [-0.2, -0.15) is 0 Å². The highest BCUT2D eigenvalue weighted by Crippen LogP contribution is 2.70. The Hall–Kier alpha value is -1.90. The third kappa shape index (κ3) is 2.11. The molecule has 0 aliphatic heterocycles. The summed E-state index contributed by atoms with van der Waals surface area (Å²) in [6.45, 7) is 14.4. The lowest BCUT2D eigenvalue weighted by atomic mass is 9.83. The topological polar surface area (TPSA) is 43.4 Å². The van der Waals surface area contributed by atoms with Crippen LogP contribution in [0.4, 0.5) is 0 Å². The first-order valence-corrected chi connectivity index (χ1v) is 9.26. The highest BCUT2D eigenvalue weighted by Gasteiger charge is 2.60. The molecule has 1 unspecified atom stereocenters. The number of ether oxygens (including phenoxy) is 1. The maximum absolute atomic E-state index is 13.0. The quantitative estimate of drug-likeness (QED) is 0.543. The number of allylic oxidation sites excluding steroid dienone is 1. The van der Waals surface area contributed by atoms with Crippen LogP contribution in [0.1, 0.15) is 79.1 Å². The van der Waals surface area contributed by atoms with Gasteiger partial charge in [0.2, 0.25) is 0 Å². The molecule has 132 valence electrons. The van der Waals surface area contributed by atoms with E-state index in [1.165, 1.54) is 12.5 Å². The molecule has 1 aromatic rings. The van der Waals surface area contributed by atoms with Crippen LogP contribution in [-0.4, -0.2) is 11.8 Å². The Morgan fingerprint density at radius 3 is 2.60 bits per heavy atom. The molecule has 1 fully saturated rings. The van der Waals surface area contributed by atoms with Gasteiger partial charge < -0.3 is 4.74 Å². The summed E-state index contributed by atoms with van der Waals surface area (Å²) in [5.41, 5.74) is 6.35. The first-order chi connectivity index (χ1) is 11.7. The van der Waals surface area contributed by atoms with Gasteiger partial charge >= 0.3 is 5.97 Å². The molecule has 3 heteroatoms. The van der Waals surface area contributed by atoms with Gasteiger partial charge in [0.15, 0.2) is 5.78 Å². The van der Waals surface area contributed by atoms with Crippen LogP contribution in [0.2, 0.25) is 0 Å². The maximum atomic E-state index is 13.0. The summed E-state index contributed by atoms with van der Waals surface area (Å²) in [6.07, 6.45) is 2.71. The van der Waals surface area contributed by atoms with E-state index in [1.54, 1.807) is 0 Å². The van der Waals surface area contributed by atoms with Crippen molar-refractivity contribution in [2.45, 2.75) is 59.8 Å². The van der Waals surface area contributed by atoms with Crippen molar-refractivity contribution >= 4 is 17.3 Å². The van der Waals surface area contributed by atoms with Crippen LogP contribution in [-0.2, 0) is 11.2 Å². The second-order valence-corrected chi connectivity index (χ2v) is 8.71. The normalized spacial score (nSPS) is 28.8. The number of hydrogen-bond donors (Lipinski definition) is 0. The van der Waals surface area contributed by atoms with Crippen LogP contribution in [0.5, 0.6) is 5.75 Å². The monoisotopic (exact) mass is 338 g/mol. The summed E-state index contributed by atoms with van der Waals surface area (Å²) in [5, 5.41) is 0. The number of fused-ring (bicyclic) bond motifs is 5. The number of benzene rings is 1. The lowest BCUT2D eigenvalue weighted by Gasteiger charge is -2.22. The fourth-order valence-electron chi connectivity index (χ4n) is 5.40. The van der Waals surface area contributed by atoms with E-state index in [0.29, 0.717) is 24.0 Å². The summed E-state index contributed by atoms with van der Waals surface area (Å²) in [5.74, 6) is 1.46. The Morgan fingerprint density at radius 2 is 1.96 bits per heavy atom. The van der Waals surface area contributed by atoms with E-state index in [9.17, 15) is 9.59 Å². The number of carbonyl (C=O) groups excluding carboxylic acids is 2. The Kier molecular flexibility index (Phi) is 3.35. The summed E-state index contributed by atoms with van der Waals surface area (Å²) in [6, 6.07) is 0. The number of carbonyl (C=O) groups is 2. The molecule has 0 N–H and O–H groups in total. The average Bonchev–Trinajstić information content (AvgIpc) is 3.00. The van der Waals surface area contributed by atoms with Gasteiger partial charge in [-0.05, 0) is 65.7 Å². The summed E-state index contributed by atoms with van der Waals surface area (Å²) >= 11 is 0. The number of Topliss-reactive ketones (excluding diaryl/α,β-unsaturated/α-hetero) is 1. The van der Waals surface area contributed by atoms with Gasteiger partial charge in [-0.15, -0.1) is 0 Å². The Bertz CT molecular complexity index is 844. The number of ketones is 1. The third-order valence-electron chi connectivity index (χ3n) is 6.76. The van der Waals surface area contributed by atoms with Gasteiger partial charge in [-0.3, -0.25) is 9.59 Å². The molecule has 0 aromatic heterocycles. The lowest BCUT2D eigenvalue weighted by Crippen LogP contribution is -2.12. The van der Waals surface area contributed by atoms with Crippen LogP contribution in [0.15, 0.2) is 6.58 Å². The first-order valence-electron chi connectivity index (χ1n) is 9.26. The molecule has 3 atom stereocenters. The van der Waals surface area contributed by atoms with E-state index in [-0.39, 0.29) is 23.1 Å². The molecule has 0 amide bonds. The van der Waals surface area contributed by atoms with Crippen molar-refractivity contribution in [2.24, 2.45) is 17.3 Å². The molecule has 4 rings (SSSR count). The van der Waals surface area contributed by atoms with Crippen molar-refractivity contribution < 1.29 is 14.3 Å². The van der Waals surface area contributed by atoms with Gasteiger partial charge in [0, 0.05) is 24.0 Å². The van der Waals surface area contributed by atoms with E-state index in [0.717, 1.165) is 40.7 Å². The molecule has 3 aliphatic rings. The molecule has 3 nitrogen and oxygen atoms in total. The third-order valence-corrected chi connectivity index (χ3v) is 6.76. The minimum atomic E-state index is -0.323. The van der Waals surface area contributed by atoms with Crippen molar-refractivity contribution in [2.75, 3.05) is 0 Å². The predicted octanol–water partition coefficient (Wildman–Crippen LogP) is 4.84. The minimum absolute atomic E-state index is 0.0609. The van der Waals surface area contributed by atoms with Crippen LogP contribution >= 0.6 is 0 Å². The SMILES string of the molecule is C=C1CC[C@H]2[C@@H](c3c(C)c(OC(C)=O)c4c(c31)C(=O)C(C)C4)C2(C)C. The number of rotatable bonds is 1. The van der Waals surface area contributed by atoms with Crippen molar-refractivity contribution in [1.29, 1.82) is 0 Å². The summed E-state index contributed by atoms with van der Waals surface area (Å²) in [4.78, 5) is 24.7. The highest BCUT2D eigenvalue weighted by molar-refractivity contribution is 6.08. The molecule has 0 bridgehead atoms. The second-order valence-electron chi connectivity index (χ2n) is 8.71. The van der Waals surface area contributed by atoms with Crippen molar-refractivity contribution in [3.63, 3.8) is 0 Å². The standard InChI is InChI=1S/C22H26O3/c1-10-7-8-15-19(22(15,5)6)17-12(3)21(25-13(4)23)14-9-11(2)20(24)18(14)16(10)17/h11,15,19H,1,7-9H2,2-6H3/t11?,15-,19-/m0/s1. The maximum Gasteiger partial charge on any atom is 0.308 e. The van der Waals surface area contributed by atoms with Crippen molar-refractivity contribution in [3.05, 3.63) is 34.4 Å². The molecule has 25 heavy (non-hydrogen) atoms. The predicted molar refractivity (Wildman–Crippen MR) is 98.0 cm³/mol. The van der Waals surface area contributed by atoms with E-state index in [4.69, 9.17) is 4.74 Å². The Morgan fingerprint density at radius 1 is 1.28 bits per heavy atom. The fraction of sp³-hybridized carbons (Fsp3) is 0.545. The Balaban J connectivity index is 2.06. The van der Waals surface area contributed by atoms with Crippen LogP contribution in [0, 0.1) is 24.2 Å². The zero-order valence-electron chi connectivity index (χ0n) is 15.8.